The van der Waals surface area contributed by atoms with Crippen LogP contribution in [0.25, 0.3) is 5.69 Å². The van der Waals surface area contributed by atoms with Crippen LogP contribution in [-0.4, -0.2) is 9.78 Å². The fraction of sp³-hybridized carbons (Fsp3) is 0. The molecule has 3 nitrogen and oxygen atoms in total. The lowest BCUT2D eigenvalue weighted by Gasteiger charge is -1.99. The maximum Gasteiger partial charge on any atom is 0.0991 e. The molecule has 68 valence electrons. The molecule has 4 heteroatoms. The second-order valence-corrected chi connectivity index (χ2v) is 3.20. The summed E-state index contributed by atoms with van der Waals surface area (Å²) >= 11 is 5.73. The van der Waals surface area contributed by atoms with Crippen LogP contribution in [-0.2, 0) is 0 Å². The van der Waals surface area contributed by atoms with Crippen molar-refractivity contribution in [1.82, 2.24) is 9.78 Å². The van der Waals surface area contributed by atoms with E-state index >= 15 is 0 Å². The van der Waals surface area contributed by atoms with E-state index < -0.39 is 0 Å². The van der Waals surface area contributed by atoms with E-state index in [1.807, 2.05) is 12.1 Å². The van der Waals surface area contributed by atoms with Crippen molar-refractivity contribution in [2.75, 3.05) is 0 Å². The highest BCUT2D eigenvalue weighted by atomic mass is 35.5. The molecular weight excluding hydrogens is 198 g/mol. The molecule has 2 aromatic rings. The zero-order valence-electron chi connectivity index (χ0n) is 7.18. The van der Waals surface area contributed by atoms with Gasteiger partial charge in [0.1, 0.15) is 0 Å². The van der Waals surface area contributed by atoms with Gasteiger partial charge in [-0.2, -0.15) is 10.4 Å². The molecule has 0 radical (unpaired) electrons. The standard InChI is InChI=1S/C10H6ClN3/c11-9-6-13-14(7-9)10-3-1-8(5-12)2-4-10/h1-4,6-7H. The first kappa shape index (κ1) is 8.79. The van der Waals surface area contributed by atoms with Crippen molar-refractivity contribution >= 4 is 11.6 Å². The van der Waals surface area contributed by atoms with Crippen molar-refractivity contribution < 1.29 is 0 Å². The predicted octanol–water partition coefficient (Wildman–Crippen LogP) is 2.40. The van der Waals surface area contributed by atoms with Crippen LogP contribution in [0.4, 0.5) is 0 Å². The van der Waals surface area contributed by atoms with Gasteiger partial charge in [-0.15, -0.1) is 0 Å². The minimum atomic E-state index is 0.592. The molecule has 0 unspecified atom stereocenters. The molecule has 0 N–H and O–H groups in total. The monoisotopic (exact) mass is 203 g/mol. The van der Waals surface area contributed by atoms with Crippen molar-refractivity contribution in [1.29, 1.82) is 5.26 Å². The average molecular weight is 204 g/mol. The fourth-order valence-electron chi connectivity index (χ4n) is 1.13. The molecule has 0 spiro atoms. The van der Waals surface area contributed by atoms with Crippen molar-refractivity contribution in [2.24, 2.45) is 0 Å². The first-order chi connectivity index (χ1) is 6.79. The Morgan fingerprint density at radius 1 is 1.29 bits per heavy atom. The summed E-state index contributed by atoms with van der Waals surface area (Å²) in [5.41, 5.74) is 1.52. The van der Waals surface area contributed by atoms with Crippen LogP contribution in [0.1, 0.15) is 5.56 Å². The summed E-state index contributed by atoms with van der Waals surface area (Å²) in [6.07, 6.45) is 3.28. The molecule has 0 aliphatic heterocycles. The van der Waals surface area contributed by atoms with Crippen molar-refractivity contribution in [3.05, 3.63) is 47.2 Å². The average Bonchev–Trinajstić information content (AvgIpc) is 2.65. The van der Waals surface area contributed by atoms with Gasteiger partial charge in [-0.25, -0.2) is 4.68 Å². The maximum absolute atomic E-state index is 8.61. The van der Waals surface area contributed by atoms with Crippen LogP contribution in [0.5, 0.6) is 0 Å². The Hall–Kier alpha value is -1.79. The summed E-state index contributed by atoms with van der Waals surface area (Å²) in [7, 11) is 0. The molecule has 1 aromatic heterocycles. The number of aromatic nitrogens is 2. The fourth-order valence-corrected chi connectivity index (χ4v) is 1.27. The van der Waals surface area contributed by atoms with Crippen LogP contribution >= 0.6 is 11.6 Å². The Morgan fingerprint density at radius 2 is 2.00 bits per heavy atom. The first-order valence-corrected chi connectivity index (χ1v) is 4.38. The Morgan fingerprint density at radius 3 is 2.50 bits per heavy atom. The van der Waals surface area contributed by atoms with E-state index in [0.717, 1.165) is 5.69 Å². The second kappa shape index (κ2) is 3.52. The van der Waals surface area contributed by atoms with E-state index in [4.69, 9.17) is 16.9 Å². The SMILES string of the molecule is N#Cc1ccc(-n2cc(Cl)cn2)cc1. The van der Waals surface area contributed by atoms with E-state index in [1.54, 1.807) is 29.2 Å². The van der Waals surface area contributed by atoms with Gasteiger partial charge < -0.3 is 0 Å². The van der Waals surface area contributed by atoms with Gasteiger partial charge in [-0.05, 0) is 24.3 Å². The smallest absolute Gasteiger partial charge is 0.0991 e. The lowest BCUT2D eigenvalue weighted by atomic mass is 10.2. The zero-order valence-corrected chi connectivity index (χ0v) is 7.94. The van der Waals surface area contributed by atoms with Gasteiger partial charge in [0.05, 0.1) is 28.5 Å². The minimum absolute atomic E-state index is 0.592. The Labute approximate surface area is 86.2 Å². The predicted molar refractivity (Wildman–Crippen MR) is 53.3 cm³/mol. The van der Waals surface area contributed by atoms with Crippen LogP contribution < -0.4 is 0 Å². The number of halogens is 1. The summed E-state index contributed by atoms with van der Waals surface area (Å²) in [4.78, 5) is 0. The summed E-state index contributed by atoms with van der Waals surface area (Å²) in [5, 5.41) is 13.2. The second-order valence-electron chi connectivity index (χ2n) is 2.76. The summed E-state index contributed by atoms with van der Waals surface area (Å²) in [6, 6.07) is 9.18. The third kappa shape index (κ3) is 1.61. The number of hydrogen-bond donors (Lipinski definition) is 0. The van der Waals surface area contributed by atoms with E-state index in [2.05, 4.69) is 11.2 Å². The number of nitriles is 1. The number of hydrogen-bond acceptors (Lipinski definition) is 2. The van der Waals surface area contributed by atoms with E-state index in [0.29, 0.717) is 10.6 Å². The molecule has 14 heavy (non-hydrogen) atoms. The molecular formula is C10H6ClN3. The maximum atomic E-state index is 8.61. The van der Waals surface area contributed by atoms with Gasteiger partial charge in [-0.3, -0.25) is 0 Å². The topological polar surface area (TPSA) is 41.6 Å². The van der Waals surface area contributed by atoms with Gasteiger partial charge in [-0.1, -0.05) is 11.6 Å². The van der Waals surface area contributed by atoms with Gasteiger partial charge >= 0.3 is 0 Å². The minimum Gasteiger partial charge on any atom is -0.239 e. The number of rotatable bonds is 1. The van der Waals surface area contributed by atoms with E-state index in [-0.39, 0.29) is 0 Å². The molecule has 0 aliphatic carbocycles. The highest BCUT2D eigenvalue weighted by Crippen LogP contribution is 2.12. The van der Waals surface area contributed by atoms with Gasteiger partial charge in [0.2, 0.25) is 0 Å². The third-order valence-corrected chi connectivity index (χ3v) is 2.01. The molecule has 0 bridgehead atoms. The van der Waals surface area contributed by atoms with Gasteiger partial charge in [0, 0.05) is 6.20 Å². The van der Waals surface area contributed by atoms with Crippen LogP contribution in [0.15, 0.2) is 36.7 Å². The largest absolute Gasteiger partial charge is 0.239 e. The third-order valence-electron chi connectivity index (χ3n) is 1.81. The normalized spacial score (nSPS) is 9.71. The molecule has 1 heterocycles. The molecule has 0 saturated carbocycles. The summed E-state index contributed by atoms with van der Waals surface area (Å²) in [6.45, 7) is 0. The van der Waals surface area contributed by atoms with E-state index in [1.165, 1.54) is 0 Å². The van der Waals surface area contributed by atoms with Crippen molar-refractivity contribution in [2.45, 2.75) is 0 Å². The lowest BCUT2D eigenvalue weighted by molar-refractivity contribution is 0.880. The van der Waals surface area contributed by atoms with Crippen LogP contribution in [0.2, 0.25) is 5.02 Å². The Balaban J connectivity index is 2.39. The van der Waals surface area contributed by atoms with Crippen LogP contribution in [0.3, 0.4) is 0 Å². The molecule has 0 aliphatic rings. The molecule has 0 amide bonds. The number of nitrogens with zero attached hydrogens (tertiary/aromatic N) is 3. The molecule has 2 rings (SSSR count). The Kier molecular flexibility index (Phi) is 2.21. The van der Waals surface area contributed by atoms with Crippen molar-refractivity contribution in [3.63, 3.8) is 0 Å². The highest BCUT2D eigenvalue weighted by molar-refractivity contribution is 6.30. The highest BCUT2D eigenvalue weighted by Gasteiger charge is 1.98. The Bertz CT molecular complexity index is 479. The summed E-state index contributed by atoms with van der Waals surface area (Å²) < 4.78 is 1.66. The lowest BCUT2D eigenvalue weighted by Crippen LogP contribution is -1.93. The molecule has 0 fully saturated rings. The quantitative estimate of drug-likeness (QED) is 0.714. The van der Waals surface area contributed by atoms with Gasteiger partial charge in [0.25, 0.3) is 0 Å². The van der Waals surface area contributed by atoms with E-state index in [9.17, 15) is 0 Å². The summed E-state index contributed by atoms with van der Waals surface area (Å²) in [5.74, 6) is 0. The zero-order chi connectivity index (χ0) is 9.97. The molecule has 0 saturated heterocycles. The van der Waals surface area contributed by atoms with Crippen LogP contribution in [0, 0.1) is 11.3 Å². The van der Waals surface area contributed by atoms with Gasteiger partial charge in [0.15, 0.2) is 0 Å². The first-order valence-electron chi connectivity index (χ1n) is 4.00. The number of benzene rings is 1. The van der Waals surface area contributed by atoms with Crippen molar-refractivity contribution in [3.8, 4) is 11.8 Å². The molecule has 0 atom stereocenters. The molecule has 1 aromatic carbocycles.